The summed E-state index contributed by atoms with van der Waals surface area (Å²) in [6.07, 6.45) is 2.22. The van der Waals surface area contributed by atoms with E-state index in [-0.39, 0.29) is 6.09 Å². The minimum atomic E-state index is -0.428. The van der Waals surface area contributed by atoms with Gasteiger partial charge in [-0.05, 0) is 20.8 Å². The van der Waals surface area contributed by atoms with E-state index in [9.17, 15) is 4.79 Å². The molecule has 1 amide bonds. The van der Waals surface area contributed by atoms with Gasteiger partial charge in [0.05, 0.1) is 7.85 Å². The van der Waals surface area contributed by atoms with Crippen molar-refractivity contribution in [3.8, 4) is 0 Å². The van der Waals surface area contributed by atoms with Gasteiger partial charge in [-0.25, -0.2) is 4.79 Å². The Balaban J connectivity index is 2.42. The Morgan fingerprint density at radius 3 is 2.71 bits per heavy atom. The molecular formula is C10H16BNO2. The lowest BCUT2D eigenvalue weighted by atomic mass is 9.98. The van der Waals surface area contributed by atoms with Crippen molar-refractivity contribution >= 4 is 13.9 Å². The number of nitrogens with zero attached hydrogens (tertiary/aromatic N) is 1. The second-order valence-electron chi connectivity index (χ2n) is 4.43. The van der Waals surface area contributed by atoms with E-state index in [1.165, 1.54) is 0 Å². The average molecular weight is 193 g/mol. The van der Waals surface area contributed by atoms with Gasteiger partial charge in [0.1, 0.15) is 5.60 Å². The first kappa shape index (κ1) is 11.2. The van der Waals surface area contributed by atoms with Crippen LogP contribution in [0.3, 0.4) is 0 Å². The maximum atomic E-state index is 11.6. The van der Waals surface area contributed by atoms with E-state index in [1.807, 2.05) is 26.8 Å². The number of rotatable bonds is 1. The summed E-state index contributed by atoms with van der Waals surface area (Å²) in [5.74, 6) is 0. The van der Waals surface area contributed by atoms with Gasteiger partial charge in [-0.15, -0.1) is 0 Å². The molecule has 0 aliphatic carbocycles. The fourth-order valence-corrected chi connectivity index (χ4v) is 1.23. The lowest BCUT2D eigenvalue weighted by molar-refractivity contribution is 0.0301. The molecule has 0 aromatic rings. The van der Waals surface area contributed by atoms with Gasteiger partial charge in [-0.2, -0.15) is 0 Å². The van der Waals surface area contributed by atoms with Crippen molar-refractivity contribution in [3.05, 3.63) is 11.6 Å². The van der Waals surface area contributed by atoms with E-state index in [1.54, 1.807) is 4.90 Å². The predicted octanol–water partition coefficient (Wildman–Crippen LogP) is 1.75. The quantitative estimate of drug-likeness (QED) is 0.469. The summed E-state index contributed by atoms with van der Waals surface area (Å²) < 4.78 is 5.23. The Morgan fingerprint density at radius 2 is 2.29 bits per heavy atom. The molecule has 0 spiro atoms. The van der Waals surface area contributed by atoms with Crippen LogP contribution in [0.4, 0.5) is 4.79 Å². The Bertz CT molecular complexity index is 255. The summed E-state index contributed by atoms with van der Waals surface area (Å²) >= 11 is 0. The van der Waals surface area contributed by atoms with E-state index < -0.39 is 5.60 Å². The van der Waals surface area contributed by atoms with Crippen LogP contribution in [0.15, 0.2) is 11.6 Å². The van der Waals surface area contributed by atoms with E-state index in [4.69, 9.17) is 12.6 Å². The Kier molecular flexibility index (Phi) is 3.24. The van der Waals surface area contributed by atoms with Crippen LogP contribution in [0.25, 0.3) is 0 Å². The van der Waals surface area contributed by atoms with Crippen LogP contribution in [0.2, 0.25) is 6.32 Å². The first-order chi connectivity index (χ1) is 6.42. The molecule has 4 heteroatoms. The maximum Gasteiger partial charge on any atom is 0.410 e. The van der Waals surface area contributed by atoms with Crippen LogP contribution in [0.1, 0.15) is 20.8 Å². The molecule has 0 fully saturated rings. The fourth-order valence-electron chi connectivity index (χ4n) is 1.23. The van der Waals surface area contributed by atoms with Gasteiger partial charge < -0.3 is 9.64 Å². The first-order valence-electron chi connectivity index (χ1n) is 4.78. The average Bonchev–Trinajstić information content (AvgIpc) is 2.48. The minimum absolute atomic E-state index is 0.266. The number of hydrogen-bond acceptors (Lipinski definition) is 2. The summed E-state index contributed by atoms with van der Waals surface area (Å²) in [5, 5.41) is 0. The molecule has 76 valence electrons. The Morgan fingerprint density at radius 1 is 1.64 bits per heavy atom. The second-order valence-corrected chi connectivity index (χ2v) is 4.43. The minimum Gasteiger partial charge on any atom is -0.444 e. The highest BCUT2D eigenvalue weighted by molar-refractivity contribution is 6.10. The van der Waals surface area contributed by atoms with Gasteiger partial charge in [-0.3, -0.25) is 0 Å². The molecule has 14 heavy (non-hydrogen) atoms. The topological polar surface area (TPSA) is 29.5 Å². The molecule has 0 aromatic heterocycles. The van der Waals surface area contributed by atoms with Crippen molar-refractivity contribution in [3.63, 3.8) is 0 Å². The molecule has 0 atom stereocenters. The van der Waals surface area contributed by atoms with Gasteiger partial charge in [0.2, 0.25) is 0 Å². The van der Waals surface area contributed by atoms with Gasteiger partial charge >= 0.3 is 6.09 Å². The van der Waals surface area contributed by atoms with E-state index in [2.05, 4.69) is 0 Å². The smallest absolute Gasteiger partial charge is 0.410 e. The van der Waals surface area contributed by atoms with Crippen LogP contribution in [-0.4, -0.2) is 37.5 Å². The summed E-state index contributed by atoms with van der Waals surface area (Å²) in [6.45, 7) is 6.79. The zero-order valence-corrected chi connectivity index (χ0v) is 9.04. The molecule has 1 aliphatic rings. The maximum absolute atomic E-state index is 11.6. The third-order valence-corrected chi connectivity index (χ3v) is 1.91. The molecule has 0 bridgehead atoms. The monoisotopic (exact) mass is 193 g/mol. The van der Waals surface area contributed by atoms with Gasteiger partial charge in [-0.1, -0.05) is 18.0 Å². The molecular weight excluding hydrogens is 177 g/mol. The van der Waals surface area contributed by atoms with Crippen molar-refractivity contribution < 1.29 is 9.53 Å². The standard InChI is InChI=1S/C10H16BNO2/c1-10(2,3)14-9(13)12-5-4-8(6-11)7-12/h4H,5-7H2,1-3H3. The lowest BCUT2D eigenvalue weighted by Gasteiger charge is -2.24. The summed E-state index contributed by atoms with van der Waals surface area (Å²) in [7, 11) is 5.48. The summed E-state index contributed by atoms with van der Waals surface area (Å²) in [5.41, 5.74) is 0.665. The zero-order chi connectivity index (χ0) is 10.8. The molecule has 0 N–H and O–H groups in total. The molecule has 3 nitrogen and oxygen atoms in total. The Labute approximate surface area is 86.5 Å². The van der Waals surface area contributed by atoms with Crippen molar-refractivity contribution in [2.24, 2.45) is 0 Å². The number of hydrogen-bond donors (Lipinski definition) is 0. The lowest BCUT2D eigenvalue weighted by Crippen LogP contribution is -2.35. The fraction of sp³-hybridized carbons (Fsp3) is 0.700. The van der Waals surface area contributed by atoms with Crippen LogP contribution in [-0.2, 0) is 4.74 Å². The number of carbonyl (C=O) groups is 1. The number of carbonyl (C=O) groups excluding carboxylic acids is 1. The highest BCUT2D eigenvalue weighted by Crippen LogP contribution is 2.16. The largest absolute Gasteiger partial charge is 0.444 e. The van der Waals surface area contributed by atoms with E-state index in [0.29, 0.717) is 19.4 Å². The molecule has 1 heterocycles. The third kappa shape index (κ3) is 3.09. The molecule has 0 unspecified atom stereocenters. The van der Waals surface area contributed by atoms with Crippen molar-refractivity contribution in [1.82, 2.24) is 4.90 Å². The molecule has 1 aliphatic heterocycles. The van der Waals surface area contributed by atoms with E-state index >= 15 is 0 Å². The van der Waals surface area contributed by atoms with Crippen LogP contribution >= 0.6 is 0 Å². The number of ether oxygens (including phenoxy) is 1. The van der Waals surface area contributed by atoms with Crippen LogP contribution < -0.4 is 0 Å². The van der Waals surface area contributed by atoms with Gasteiger partial charge in [0.25, 0.3) is 0 Å². The van der Waals surface area contributed by atoms with Gasteiger partial charge in [0.15, 0.2) is 0 Å². The molecule has 1 rings (SSSR count). The van der Waals surface area contributed by atoms with Crippen molar-refractivity contribution in [2.75, 3.05) is 13.1 Å². The van der Waals surface area contributed by atoms with Crippen LogP contribution in [0, 0.1) is 0 Å². The van der Waals surface area contributed by atoms with E-state index in [0.717, 1.165) is 5.57 Å². The van der Waals surface area contributed by atoms with Crippen LogP contribution in [0.5, 0.6) is 0 Å². The summed E-state index contributed by atoms with van der Waals surface area (Å²) in [4.78, 5) is 13.2. The highest BCUT2D eigenvalue weighted by atomic mass is 16.6. The van der Waals surface area contributed by atoms with Gasteiger partial charge in [0, 0.05) is 13.1 Å². The highest BCUT2D eigenvalue weighted by Gasteiger charge is 2.24. The van der Waals surface area contributed by atoms with Crippen molar-refractivity contribution in [1.29, 1.82) is 0 Å². The predicted molar refractivity (Wildman–Crippen MR) is 56.5 cm³/mol. The summed E-state index contributed by atoms with van der Waals surface area (Å²) in [6, 6.07) is 0. The number of amides is 1. The van der Waals surface area contributed by atoms with Crippen molar-refractivity contribution in [2.45, 2.75) is 32.7 Å². The Hall–Kier alpha value is -0.925. The molecule has 0 saturated carbocycles. The zero-order valence-electron chi connectivity index (χ0n) is 9.04. The normalized spacial score (nSPS) is 16.8. The second kappa shape index (κ2) is 4.07. The SMILES string of the molecule is [B]CC1=CCN(C(=O)OC(C)(C)C)C1. The molecule has 0 aromatic carbocycles. The molecule has 2 radical (unpaired) electrons. The third-order valence-electron chi connectivity index (χ3n) is 1.91. The first-order valence-corrected chi connectivity index (χ1v) is 4.78. The molecule has 0 saturated heterocycles.